The number of hydrogen-bond donors (Lipinski definition) is 2. The minimum atomic E-state index is -1.27. The van der Waals surface area contributed by atoms with Gasteiger partial charge in [-0.05, 0) is 31.2 Å². The van der Waals surface area contributed by atoms with Gasteiger partial charge in [-0.25, -0.2) is 4.79 Å². The first kappa shape index (κ1) is 15.1. The second-order valence-corrected chi connectivity index (χ2v) is 4.88. The van der Waals surface area contributed by atoms with Crippen molar-refractivity contribution in [2.24, 2.45) is 0 Å². The maximum Gasteiger partial charge on any atom is 0.332 e. The number of carbonyl (C=O) groups is 1. The van der Waals surface area contributed by atoms with Gasteiger partial charge in [-0.3, -0.25) is 5.32 Å². The lowest BCUT2D eigenvalue weighted by molar-refractivity contribution is -0.146. The molecule has 1 atom stereocenters. The van der Waals surface area contributed by atoms with E-state index in [9.17, 15) is 9.90 Å². The Morgan fingerprint density at radius 3 is 2.33 bits per heavy atom. The molecule has 1 unspecified atom stereocenters. The first-order valence-electron chi connectivity index (χ1n) is 6.76. The number of carboxylic acid groups (broad SMARTS) is 1. The normalized spacial score (nSPS) is 13.4. The summed E-state index contributed by atoms with van der Waals surface area (Å²) in [6, 6.07) is 16.6. The first-order chi connectivity index (χ1) is 10.1. The van der Waals surface area contributed by atoms with Gasteiger partial charge in [-0.1, -0.05) is 48.5 Å². The first-order valence-corrected chi connectivity index (χ1v) is 6.76. The zero-order chi connectivity index (χ0) is 15.3. The molecule has 2 aromatic rings. The molecule has 0 aliphatic heterocycles. The number of benzene rings is 2. The second kappa shape index (κ2) is 6.41. The third-order valence-electron chi connectivity index (χ3n) is 3.60. The van der Waals surface area contributed by atoms with Gasteiger partial charge in [0.05, 0.1) is 0 Å². The summed E-state index contributed by atoms with van der Waals surface area (Å²) in [5.74, 6) is -0.279. The van der Waals surface area contributed by atoms with Crippen LogP contribution >= 0.6 is 0 Å². The average Bonchev–Trinajstić information content (AvgIpc) is 2.51. The predicted octanol–water partition coefficient (Wildman–Crippen LogP) is 2.57. The molecule has 0 aliphatic rings. The summed E-state index contributed by atoms with van der Waals surface area (Å²) in [4.78, 5) is 11.8. The Kier molecular flexibility index (Phi) is 4.60. The molecular formula is C17H19NO3. The maximum absolute atomic E-state index is 11.8. The number of likely N-dealkylation sites (N-methyl/N-ethyl adjacent to an activating group) is 1. The predicted molar refractivity (Wildman–Crippen MR) is 81.5 cm³/mol. The largest absolute Gasteiger partial charge is 0.490 e. The fourth-order valence-electron chi connectivity index (χ4n) is 2.22. The van der Waals surface area contributed by atoms with Crippen molar-refractivity contribution in [3.05, 3.63) is 65.7 Å². The number of carboxylic acids is 1. The van der Waals surface area contributed by atoms with Gasteiger partial charge in [-0.2, -0.15) is 0 Å². The third kappa shape index (κ3) is 3.06. The molecule has 0 aliphatic carbocycles. The monoisotopic (exact) mass is 285 g/mol. The van der Waals surface area contributed by atoms with Gasteiger partial charge in [0, 0.05) is 0 Å². The molecular weight excluding hydrogens is 266 g/mol. The van der Waals surface area contributed by atoms with Crippen LogP contribution in [0.1, 0.15) is 11.1 Å². The molecule has 2 N–H and O–H groups in total. The van der Waals surface area contributed by atoms with Crippen LogP contribution in [-0.4, -0.2) is 24.7 Å². The van der Waals surface area contributed by atoms with Crippen molar-refractivity contribution in [2.45, 2.75) is 12.5 Å². The van der Waals surface area contributed by atoms with Crippen LogP contribution in [0.25, 0.3) is 0 Å². The molecule has 2 rings (SSSR count). The summed E-state index contributed by atoms with van der Waals surface area (Å²) in [5, 5.41) is 12.6. The topological polar surface area (TPSA) is 58.6 Å². The number of nitrogens with one attached hydrogen (secondary N) is 1. The van der Waals surface area contributed by atoms with Crippen LogP contribution in [0.2, 0.25) is 0 Å². The number of rotatable bonds is 6. The number of aliphatic carboxylic acids is 1. The zero-order valence-electron chi connectivity index (χ0n) is 12.2. The van der Waals surface area contributed by atoms with E-state index < -0.39 is 11.5 Å². The lowest BCUT2D eigenvalue weighted by Gasteiger charge is -2.29. The van der Waals surface area contributed by atoms with Crippen molar-refractivity contribution in [3.63, 3.8) is 0 Å². The Bertz CT molecular complexity index is 612. The van der Waals surface area contributed by atoms with Gasteiger partial charge in [0.15, 0.2) is 5.54 Å². The summed E-state index contributed by atoms with van der Waals surface area (Å²) >= 11 is 0. The molecule has 0 aromatic heterocycles. The molecule has 110 valence electrons. The minimum Gasteiger partial charge on any atom is -0.490 e. The zero-order valence-corrected chi connectivity index (χ0v) is 12.2. The summed E-state index contributed by atoms with van der Waals surface area (Å²) in [6.45, 7) is 1.94. The van der Waals surface area contributed by atoms with Crippen LogP contribution in [0, 0.1) is 6.92 Å². The highest BCUT2D eigenvalue weighted by Crippen LogP contribution is 2.24. The number of para-hydroxylation sites is 1. The molecule has 0 radical (unpaired) electrons. The molecule has 0 amide bonds. The standard InChI is InChI=1S/C17H19NO3/c1-13-8-6-7-11-15(13)21-12-17(18-2,16(19)20)14-9-4-3-5-10-14/h3-11,18H,12H2,1-2H3,(H,19,20). The Hall–Kier alpha value is -2.33. The van der Waals surface area contributed by atoms with Crippen molar-refractivity contribution in [1.82, 2.24) is 5.32 Å². The maximum atomic E-state index is 11.8. The highest BCUT2D eigenvalue weighted by molar-refractivity contribution is 5.81. The molecule has 21 heavy (non-hydrogen) atoms. The van der Waals surface area contributed by atoms with Crippen LogP contribution < -0.4 is 10.1 Å². The van der Waals surface area contributed by atoms with Crippen molar-refractivity contribution < 1.29 is 14.6 Å². The molecule has 0 bridgehead atoms. The van der Waals surface area contributed by atoms with E-state index in [2.05, 4.69) is 5.32 Å². The Morgan fingerprint density at radius 1 is 1.14 bits per heavy atom. The summed E-state index contributed by atoms with van der Waals surface area (Å²) in [5.41, 5.74) is 0.360. The Labute approximate surface area is 124 Å². The highest BCUT2D eigenvalue weighted by Gasteiger charge is 2.40. The quantitative estimate of drug-likeness (QED) is 0.856. The summed E-state index contributed by atoms with van der Waals surface area (Å²) in [7, 11) is 1.63. The molecule has 0 saturated carbocycles. The molecule has 0 heterocycles. The number of ether oxygens (including phenoxy) is 1. The summed E-state index contributed by atoms with van der Waals surface area (Å²) in [6.07, 6.45) is 0. The Morgan fingerprint density at radius 2 is 1.76 bits per heavy atom. The van der Waals surface area contributed by atoms with Crippen LogP contribution in [0.5, 0.6) is 5.75 Å². The molecule has 4 heteroatoms. The van der Waals surface area contributed by atoms with E-state index in [-0.39, 0.29) is 6.61 Å². The van der Waals surface area contributed by atoms with Gasteiger partial charge in [0.2, 0.25) is 0 Å². The molecule has 0 spiro atoms. The Balaban J connectivity index is 2.30. The van der Waals surface area contributed by atoms with Crippen molar-refractivity contribution in [3.8, 4) is 5.75 Å². The van der Waals surface area contributed by atoms with Gasteiger partial charge >= 0.3 is 5.97 Å². The fourth-order valence-corrected chi connectivity index (χ4v) is 2.22. The van der Waals surface area contributed by atoms with Gasteiger partial charge < -0.3 is 9.84 Å². The number of aryl methyl sites for hydroxylation is 1. The average molecular weight is 285 g/mol. The molecule has 4 nitrogen and oxygen atoms in total. The van der Waals surface area contributed by atoms with E-state index in [4.69, 9.17) is 4.74 Å². The molecule has 2 aromatic carbocycles. The summed E-state index contributed by atoms with van der Waals surface area (Å²) < 4.78 is 5.77. The van der Waals surface area contributed by atoms with E-state index in [1.54, 1.807) is 19.2 Å². The van der Waals surface area contributed by atoms with Crippen LogP contribution in [-0.2, 0) is 10.3 Å². The van der Waals surface area contributed by atoms with Crippen LogP contribution in [0.15, 0.2) is 54.6 Å². The van der Waals surface area contributed by atoms with Crippen molar-refractivity contribution in [1.29, 1.82) is 0 Å². The van der Waals surface area contributed by atoms with Gasteiger partial charge in [0.1, 0.15) is 12.4 Å². The fraction of sp³-hybridized carbons (Fsp3) is 0.235. The lowest BCUT2D eigenvalue weighted by atomic mass is 9.91. The van der Waals surface area contributed by atoms with Gasteiger partial charge in [-0.15, -0.1) is 0 Å². The van der Waals surface area contributed by atoms with Crippen molar-refractivity contribution in [2.75, 3.05) is 13.7 Å². The molecule has 0 saturated heterocycles. The van der Waals surface area contributed by atoms with E-state index in [1.807, 2.05) is 49.4 Å². The van der Waals surface area contributed by atoms with Crippen LogP contribution in [0.4, 0.5) is 0 Å². The van der Waals surface area contributed by atoms with Crippen LogP contribution in [0.3, 0.4) is 0 Å². The second-order valence-electron chi connectivity index (χ2n) is 4.88. The van der Waals surface area contributed by atoms with E-state index in [1.165, 1.54) is 0 Å². The van der Waals surface area contributed by atoms with E-state index in [0.29, 0.717) is 11.3 Å². The third-order valence-corrected chi connectivity index (χ3v) is 3.60. The highest BCUT2D eigenvalue weighted by atomic mass is 16.5. The van der Waals surface area contributed by atoms with E-state index in [0.717, 1.165) is 5.56 Å². The minimum absolute atomic E-state index is 0.00764. The SMILES string of the molecule is CNC(COc1ccccc1C)(C(=O)O)c1ccccc1. The smallest absolute Gasteiger partial charge is 0.332 e. The number of hydrogen-bond acceptors (Lipinski definition) is 3. The van der Waals surface area contributed by atoms with E-state index >= 15 is 0 Å². The van der Waals surface area contributed by atoms with Gasteiger partial charge in [0.25, 0.3) is 0 Å². The molecule has 0 fully saturated rings. The van der Waals surface area contributed by atoms with Crippen molar-refractivity contribution >= 4 is 5.97 Å². The lowest BCUT2D eigenvalue weighted by Crippen LogP contribution is -2.52.